The van der Waals surface area contributed by atoms with Gasteiger partial charge in [0, 0.05) is 19.6 Å². The summed E-state index contributed by atoms with van der Waals surface area (Å²) in [7, 11) is 0. The number of Topliss-reactive ketones (excluding diaryl/α,β-unsaturated/α-hetero) is 1. The fourth-order valence-electron chi connectivity index (χ4n) is 2.81. The molecule has 0 atom stereocenters. The van der Waals surface area contributed by atoms with E-state index in [1.54, 1.807) is 0 Å². The van der Waals surface area contributed by atoms with Gasteiger partial charge in [-0.25, -0.2) is 0 Å². The van der Waals surface area contributed by atoms with Crippen molar-refractivity contribution >= 4 is 16.6 Å². The van der Waals surface area contributed by atoms with Gasteiger partial charge in [0.25, 0.3) is 0 Å². The van der Waals surface area contributed by atoms with E-state index in [4.69, 9.17) is 10.5 Å². The molecule has 20 heavy (non-hydrogen) atoms. The third kappa shape index (κ3) is 2.47. The Hall–Kier alpha value is -1.71. The van der Waals surface area contributed by atoms with Crippen LogP contribution in [0.15, 0.2) is 42.5 Å². The van der Waals surface area contributed by atoms with Crippen molar-refractivity contribution in [2.45, 2.75) is 24.8 Å². The number of rotatable bonds is 3. The van der Waals surface area contributed by atoms with Crippen LogP contribution in [0, 0.1) is 0 Å². The van der Waals surface area contributed by atoms with E-state index in [2.05, 4.69) is 18.2 Å². The minimum Gasteiger partial charge on any atom is -0.381 e. The lowest BCUT2D eigenvalue weighted by Crippen LogP contribution is -2.52. The van der Waals surface area contributed by atoms with Crippen LogP contribution >= 0.6 is 0 Å². The molecular formula is C17H19NO2. The highest BCUT2D eigenvalue weighted by atomic mass is 16.5. The molecular weight excluding hydrogens is 250 g/mol. The predicted molar refractivity (Wildman–Crippen MR) is 79.6 cm³/mol. The number of fused-ring (bicyclic) bond motifs is 1. The van der Waals surface area contributed by atoms with E-state index in [0.717, 1.165) is 16.3 Å². The number of carbonyl (C=O) groups is 1. The minimum absolute atomic E-state index is 0.122. The van der Waals surface area contributed by atoms with E-state index in [9.17, 15) is 4.79 Å². The molecule has 1 fully saturated rings. The number of ketones is 1. The van der Waals surface area contributed by atoms with Gasteiger partial charge < -0.3 is 10.5 Å². The molecule has 104 valence electrons. The Kier molecular flexibility index (Phi) is 3.55. The topological polar surface area (TPSA) is 52.3 Å². The number of hydrogen-bond donors (Lipinski definition) is 1. The van der Waals surface area contributed by atoms with Gasteiger partial charge in [-0.05, 0) is 29.2 Å². The Balaban J connectivity index is 1.87. The van der Waals surface area contributed by atoms with Crippen molar-refractivity contribution in [1.29, 1.82) is 0 Å². The van der Waals surface area contributed by atoms with E-state index in [-0.39, 0.29) is 5.78 Å². The SMILES string of the molecule is NC1(C(=O)Cc2cccc3ccccc23)CCOCC1. The summed E-state index contributed by atoms with van der Waals surface area (Å²) in [6.07, 6.45) is 1.64. The molecule has 0 unspecified atom stereocenters. The number of ether oxygens (including phenoxy) is 1. The van der Waals surface area contributed by atoms with Crippen LogP contribution in [0.4, 0.5) is 0 Å². The molecule has 0 saturated carbocycles. The maximum atomic E-state index is 12.6. The van der Waals surface area contributed by atoms with Crippen molar-refractivity contribution in [3.8, 4) is 0 Å². The third-order valence-electron chi connectivity index (χ3n) is 4.17. The average molecular weight is 269 g/mol. The standard InChI is InChI=1S/C17H19NO2/c18-17(8-10-20-11-9-17)16(19)12-14-6-3-5-13-4-1-2-7-15(13)14/h1-7H,8-12,18H2. The monoisotopic (exact) mass is 269 g/mol. The summed E-state index contributed by atoms with van der Waals surface area (Å²) in [4.78, 5) is 12.6. The molecule has 2 aromatic rings. The van der Waals surface area contributed by atoms with Gasteiger partial charge >= 0.3 is 0 Å². The molecule has 3 nitrogen and oxygen atoms in total. The Morgan fingerprint density at radius 2 is 1.80 bits per heavy atom. The molecule has 0 bridgehead atoms. The molecule has 1 saturated heterocycles. The van der Waals surface area contributed by atoms with Crippen LogP contribution in [0.25, 0.3) is 10.8 Å². The molecule has 0 aliphatic carbocycles. The van der Waals surface area contributed by atoms with Crippen molar-refractivity contribution in [2.24, 2.45) is 5.73 Å². The molecule has 1 aliphatic heterocycles. The lowest BCUT2D eigenvalue weighted by molar-refractivity contribution is -0.126. The first-order valence-electron chi connectivity index (χ1n) is 7.06. The number of hydrogen-bond acceptors (Lipinski definition) is 3. The van der Waals surface area contributed by atoms with Gasteiger partial charge in [0.1, 0.15) is 0 Å². The van der Waals surface area contributed by atoms with E-state index in [1.807, 2.05) is 24.3 Å². The molecule has 1 heterocycles. The van der Waals surface area contributed by atoms with E-state index in [0.29, 0.717) is 32.5 Å². The first-order chi connectivity index (χ1) is 9.69. The van der Waals surface area contributed by atoms with Crippen molar-refractivity contribution in [2.75, 3.05) is 13.2 Å². The van der Waals surface area contributed by atoms with Crippen LogP contribution in [0.1, 0.15) is 18.4 Å². The number of carbonyl (C=O) groups excluding carboxylic acids is 1. The van der Waals surface area contributed by atoms with Gasteiger partial charge in [-0.2, -0.15) is 0 Å². The summed E-state index contributed by atoms with van der Waals surface area (Å²) in [6.45, 7) is 1.16. The summed E-state index contributed by atoms with van der Waals surface area (Å²) in [5, 5.41) is 2.30. The Morgan fingerprint density at radius 3 is 2.60 bits per heavy atom. The Bertz CT molecular complexity index is 624. The van der Waals surface area contributed by atoms with Crippen LogP contribution < -0.4 is 5.73 Å². The van der Waals surface area contributed by atoms with Crippen LogP contribution in [0.2, 0.25) is 0 Å². The van der Waals surface area contributed by atoms with Crippen LogP contribution in [0.3, 0.4) is 0 Å². The van der Waals surface area contributed by atoms with Crippen molar-refractivity contribution in [1.82, 2.24) is 0 Å². The zero-order chi connectivity index (χ0) is 14.0. The minimum atomic E-state index is -0.713. The molecule has 3 heteroatoms. The molecule has 1 aliphatic rings. The van der Waals surface area contributed by atoms with Crippen LogP contribution in [0.5, 0.6) is 0 Å². The third-order valence-corrected chi connectivity index (χ3v) is 4.17. The summed E-state index contributed by atoms with van der Waals surface area (Å²) in [6, 6.07) is 14.2. The highest BCUT2D eigenvalue weighted by Crippen LogP contribution is 2.24. The van der Waals surface area contributed by atoms with Crippen molar-refractivity contribution in [3.05, 3.63) is 48.0 Å². The summed E-state index contributed by atoms with van der Waals surface area (Å²) in [5.74, 6) is 0.122. The predicted octanol–water partition coefficient (Wildman–Crippen LogP) is 2.46. The van der Waals surface area contributed by atoms with Gasteiger partial charge in [0.2, 0.25) is 0 Å². The van der Waals surface area contributed by atoms with Crippen molar-refractivity contribution in [3.63, 3.8) is 0 Å². The summed E-state index contributed by atoms with van der Waals surface area (Å²) < 4.78 is 5.30. The second-order valence-corrected chi connectivity index (χ2v) is 5.51. The van der Waals surface area contributed by atoms with Gasteiger partial charge in [-0.1, -0.05) is 42.5 Å². The molecule has 2 aromatic carbocycles. The van der Waals surface area contributed by atoms with Gasteiger partial charge in [-0.3, -0.25) is 4.79 Å². The summed E-state index contributed by atoms with van der Waals surface area (Å²) in [5.41, 5.74) is 6.61. The van der Waals surface area contributed by atoms with E-state index >= 15 is 0 Å². The molecule has 0 amide bonds. The quantitative estimate of drug-likeness (QED) is 0.931. The maximum Gasteiger partial charge on any atom is 0.157 e. The van der Waals surface area contributed by atoms with E-state index in [1.165, 1.54) is 0 Å². The largest absolute Gasteiger partial charge is 0.381 e. The second kappa shape index (κ2) is 5.35. The zero-order valence-corrected chi connectivity index (χ0v) is 11.5. The molecule has 0 radical (unpaired) electrons. The average Bonchev–Trinajstić information content (AvgIpc) is 2.48. The maximum absolute atomic E-state index is 12.6. The summed E-state index contributed by atoms with van der Waals surface area (Å²) >= 11 is 0. The second-order valence-electron chi connectivity index (χ2n) is 5.51. The fourth-order valence-corrected chi connectivity index (χ4v) is 2.81. The zero-order valence-electron chi connectivity index (χ0n) is 11.5. The Morgan fingerprint density at radius 1 is 1.10 bits per heavy atom. The molecule has 2 N–H and O–H groups in total. The normalized spacial score (nSPS) is 18.1. The van der Waals surface area contributed by atoms with Gasteiger partial charge in [0.05, 0.1) is 5.54 Å². The van der Waals surface area contributed by atoms with Gasteiger partial charge in [-0.15, -0.1) is 0 Å². The molecule has 0 aromatic heterocycles. The Labute approximate surface area is 118 Å². The molecule has 0 spiro atoms. The lowest BCUT2D eigenvalue weighted by Gasteiger charge is -2.32. The lowest BCUT2D eigenvalue weighted by atomic mass is 9.83. The smallest absolute Gasteiger partial charge is 0.157 e. The van der Waals surface area contributed by atoms with Crippen LogP contribution in [-0.4, -0.2) is 24.5 Å². The number of nitrogens with two attached hydrogens (primary N) is 1. The van der Waals surface area contributed by atoms with E-state index < -0.39 is 5.54 Å². The number of benzene rings is 2. The van der Waals surface area contributed by atoms with Gasteiger partial charge in [0.15, 0.2) is 5.78 Å². The van der Waals surface area contributed by atoms with Crippen LogP contribution in [-0.2, 0) is 16.0 Å². The first-order valence-corrected chi connectivity index (χ1v) is 7.06. The highest BCUT2D eigenvalue weighted by molar-refractivity contribution is 5.95. The highest BCUT2D eigenvalue weighted by Gasteiger charge is 2.35. The van der Waals surface area contributed by atoms with Crippen molar-refractivity contribution < 1.29 is 9.53 Å². The first kappa shape index (κ1) is 13.3. The fraction of sp³-hybridized carbons (Fsp3) is 0.353. The molecule has 3 rings (SSSR count).